The first-order valence-electron chi connectivity index (χ1n) is 6.15. The van der Waals surface area contributed by atoms with Gasteiger partial charge in [-0.3, -0.25) is 0 Å². The van der Waals surface area contributed by atoms with Crippen LogP contribution in [0.5, 0.6) is 11.6 Å². The second kappa shape index (κ2) is 5.26. The first kappa shape index (κ1) is 13.1. The zero-order chi connectivity index (χ0) is 14.1. The summed E-state index contributed by atoms with van der Waals surface area (Å²) in [5, 5.41) is 1.49. The van der Waals surface area contributed by atoms with Gasteiger partial charge in [0.25, 0.3) is 0 Å². The summed E-state index contributed by atoms with van der Waals surface area (Å²) in [6, 6.07) is 9.21. The van der Waals surface area contributed by atoms with Crippen LogP contribution in [-0.2, 0) is 6.42 Å². The van der Waals surface area contributed by atoms with E-state index in [0.29, 0.717) is 16.7 Å². The Labute approximate surface area is 125 Å². The highest BCUT2D eigenvalue weighted by Crippen LogP contribution is 2.34. The molecule has 0 radical (unpaired) electrons. The van der Waals surface area contributed by atoms with Crippen molar-refractivity contribution in [3.05, 3.63) is 40.2 Å². The normalized spacial score (nSPS) is 10.9. The number of nitrogens with two attached hydrogens (primary N) is 1. The lowest BCUT2D eigenvalue weighted by Gasteiger charge is -2.06. The van der Waals surface area contributed by atoms with Crippen LogP contribution in [0.3, 0.4) is 0 Å². The highest BCUT2D eigenvalue weighted by atomic mass is 35.5. The summed E-state index contributed by atoms with van der Waals surface area (Å²) in [6.45, 7) is 2.10. The van der Waals surface area contributed by atoms with Gasteiger partial charge in [0.2, 0.25) is 11.8 Å². The number of nitrogens with zero attached hydrogens (tertiary/aromatic N) is 2. The van der Waals surface area contributed by atoms with Gasteiger partial charge in [0, 0.05) is 9.90 Å². The summed E-state index contributed by atoms with van der Waals surface area (Å²) in [4.78, 5) is 10.5. The molecule has 0 bridgehead atoms. The highest BCUT2D eigenvalue weighted by molar-refractivity contribution is 7.18. The van der Waals surface area contributed by atoms with E-state index < -0.39 is 0 Å². The molecule has 3 aromatic rings. The first-order valence-corrected chi connectivity index (χ1v) is 7.34. The molecule has 6 heteroatoms. The third-order valence-corrected chi connectivity index (χ3v) is 4.19. The van der Waals surface area contributed by atoms with Gasteiger partial charge in [0.15, 0.2) is 0 Å². The van der Waals surface area contributed by atoms with Gasteiger partial charge in [-0.15, -0.1) is 11.3 Å². The average Bonchev–Trinajstić information content (AvgIpc) is 2.82. The molecule has 20 heavy (non-hydrogen) atoms. The largest absolute Gasteiger partial charge is 0.438 e. The molecule has 0 aliphatic carbocycles. The van der Waals surface area contributed by atoms with E-state index in [1.54, 1.807) is 23.5 Å². The lowest BCUT2D eigenvalue weighted by atomic mass is 10.3. The summed E-state index contributed by atoms with van der Waals surface area (Å²) in [5.41, 5.74) is 5.74. The minimum atomic E-state index is 0.207. The predicted molar refractivity (Wildman–Crippen MR) is 82.7 cm³/mol. The molecule has 0 aliphatic heterocycles. The van der Waals surface area contributed by atoms with Crippen LogP contribution >= 0.6 is 22.9 Å². The van der Waals surface area contributed by atoms with Crippen molar-refractivity contribution in [2.75, 3.05) is 5.73 Å². The van der Waals surface area contributed by atoms with Crippen molar-refractivity contribution in [2.24, 2.45) is 0 Å². The molecule has 0 atom stereocenters. The summed E-state index contributed by atoms with van der Waals surface area (Å²) < 4.78 is 5.80. The van der Waals surface area contributed by atoms with Crippen molar-refractivity contribution in [1.82, 2.24) is 9.97 Å². The van der Waals surface area contributed by atoms with Gasteiger partial charge >= 0.3 is 0 Å². The molecule has 4 nitrogen and oxygen atoms in total. The molecule has 0 saturated carbocycles. The lowest BCUT2D eigenvalue weighted by molar-refractivity contribution is 0.469. The summed E-state index contributed by atoms with van der Waals surface area (Å²) in [5.74, 6) is 1.30. The molecule has 0 amide bonds. The molecule has 2 heterocycles. The second-order valence-electron chi connectivity index (χ2n) is 4.23. The Balaban J connectivity index is 2.08. The smallest absolute Gasteiger partial charge is 0.232 e. The number of aryl methyl sites for hydroxylation is 1. The number of aromatic nitrogens is 2. The van der Waals surface area contributed by atoms with Crippen molar-refractivity contribution in [2.45, 2.75) is 13.3 Å². The Morgan fingerprint density at radius 2 is 2.15 bits per heavy atom. The first-order chi connectivity index (χ1) is 9.65. The van der Waals surface area contributed by atoms with Crippen LogP contribution in [0.25, 0.3) is 10.2 Å². The average molecular weight is 306 g/mol. The van der Waals surface area contributed by atoms with Crippen LogP contribution in [0.4, 0.5) is 5.95 Å². The predicted octanol–water partition coefficient (Wildman–Crippen LogP) is 4.28. The fraction of sp³-hybridized carbons (Fsp3) is 0.143. The molecule has 2 N–H and O–H groups in total. The number of hydrogen-bond donors (Lipinski definition) is 1. The Hall–Kier alpha value is -1.85. The quantitative estimate of drug-likeness (QED) is 0.784. The molecule has 0 aliphatic rings. The summed E-state index contributed by atoms with van der Waals surface area (Å²) in [6.07, 6.45) is 0.942. The van der Waals surface area contributed by atoms with E-state index >= 15 is 0 Å². The molecule has 0 saturated heterocycles. The van der Waals surface area contributed by atoms with E-state index in [0.717, 1.165) is 16.6 Å². The van der Waals surface area contributed by atoms with E-state index in [1.807, 2.05) is 18.2 Å². The maximum Gasteiger partial charge on any atom is 0.232 e. The van der Waals surface area contributed by atoms with E-state index in [9.17, 15) is 0 Å². The van der Waals surface area contributed by atoms with Gasteiger partial charge in [0.05, 0.1) is 5.39 Å². The monoisotopic (exact) mass is 305 g/mol. The minimum absolute atomic E-state index is 0.207. The molecule has 1 aromatic carbocycles. The molecule has 2 aromatic heterocycles. The number of thiophene rings is 1. The Bertz CT molecular complexity index is 772. The van der Waals surface area contributed by atoms with Gasteiger partial charge in [-0.05, 0) is 30.7 Å². The maximum absolute atomic E-state index is 5.95. The number of nitrogen functional groups attached to an aromatic ring is 1. The van der Waals surface area contributed by atoms with Gasteiger partial charge in [-0.2, -0.15) is 4.98 Å². The third-order valence-electron chi connectivity index (χ3n) is 2.79. The second-order valence-corrected chi connectivity index (χ2v) is 5.78. The van der Waals surface area contributed by atoms with Gasteiger partial charge in [-0.1, -0.05) is 24.6 Å². The van der Waals surface area contributed by atoms with Gasteiger partial charge in [-0.25, -0.2) is 4.98 Å². The van der Waals surface area contributed by atoms with Crippen molar-refractivity contribution < 1.29 is 4.74 Å². The summed E-state index contributed by atoms with van der Waals surface area (Å²) in [7, 11) is 0. The van der Waals surface area contributed by atoms with Crippen LogP contribution < -0.4 is 10.5 Å². The van der Waals surface area contributed by atoms with Crippen LogP contribution in [0.1, 0.15) is 11.8 Å². The van der Waals surface area contributed by atoms with Gasteiger partial charge < -0.3 is 10.5 Å². The molecule has 0 fully saturated rings. The van der Waals surface area contributed by atoms with Crippen molar-refractivity contribution in [3.63, 3.8) is 0 Å². The van der Waals surface area contributed by atoms with Crippen LogP contribution in [0, 0.1) is 0 Å². The molecule has 0 spiro atoms. The SMILES string of the molecule is CCc1cc2c(Oc3cccc(Cl)c3)nc(N)nc2s1. The fourth-order valence-corrected chi connectivity index (χ4v) is 3.00. The number of halogens is 1. The van der Waals surface area contributed by atoms with Crippen LogP contribution in [-0.4, -0.2) is 9.97 Å². The van der Waals surface area contributed by atoms with Gasteiger partial charge in [0.1, 0.15) is 10.6 Å². The number of anilines is 1. The Morgan fingerprint density at radius 3 is 2.90 bits per heavy atom. The molecular weight excluding hydrogens is 294 g/mol. The van der Waals surface area contributed by atoms with E-state index in [1.165, 1.54) is 4.88 Å². The summed E-state index contributed by atoms with van der Waals surface area (Å²) >= 11 is 7.55. The van der Waals surface area contributed by atoms with E-state index in [4.69, 9.17) is 22.1 Å². The fourth-order valence-electron chi connectivity index (χ4n) is 1.86. The number of hydrogen-bond acceptors (Lipinski definition) is 5. The number of ether oxygens (including phenoxy) is 1. The molecule has 3 rings (SSSR count). The zero-order valence-corrected chi connectivity index (χ0v) is 12.3. The van der Waals surface area contributed by atoms with Crippen LogP contribution in [0.2, 0.25) is 5.02 Å². The highest BCUT2D eigenvalue weighted by Gasteiger charge is 2.12. The Morgan fingerprint density at radius 1 is 1.30 bits per heavy atom. The van der Waals surface area contributed by atoms with E-state index in [-0.39, 0.29) is 5.95 Å². The molecule has 0 unspecified atom stereocenters. The van der Waals surface area contributed by atoms with E-state index in [2.05, 4.69) is 16.9 Å². The lowest BCUT2D eigenvalue weighted by Crippen LogP contribution is -1.97. The number of rotatable bonds is 3. The topological polar surface area (TPSA) is 61.0 Å². The maximum atomic E-state index is 5.95. The minimum Gasteiger partial charge on any atom is -0.438 e. The van der Waals surface area contributed by atoms with Crippen molar-refractivity contribution >= 4 is 39.1 Å². The van der Waals surface area contributed by atoms with Crippen LogP contribution in [0.15, 0.2) is 30.3 Å². The number of fused-ring (bicyclic) bond motifs is 1. The Kier molecular flexibility index (Phi) is 3.46. The molecule has 102 valence electrons. The van der Waals surface area contributed by atoms with Crippen molar-refractivity contribution in [1.29, 1.82) is 0 Å². The van der Waals surface area contributed by atoms with Crippen molar-refractivity contribution in [3.8, 4) is 11.6 Å². The standard InChI is InChI=1S/C14H12ClN3OS/c1-2-10-7-11-12(17-14(16)18-13(11)20-10)19-9-5-3-4-8(15)6-9/h3-7H,2H2,1H3,(H2,16,17,18). The zero-order valence-electron chi connectivity index (χ0n) is 10.8. The number of benzene rings is 1. The third kappa shape index (κ3) is 2.55. The molecular formula is C14H12ClN3OS.